The Bertz CT molecular complexity index is 1020. The van der Waals surface area contributed by atoms with Gasteiger partial charge >= 0.3 is 12.0 Å². The zero-order chi connectivity index (χ0) is 22.8. The number of hydrogen-bond acceptors (Lipinski definition) is 4. The van der Waals surface area contributed by atoms with E-state index in [1.165, 1.54) is 29.9 Å². The molecule has 1 N–H and O–H groups in total. The van der Waals surface area contributed by atoms with Crippen LogP contribution in [0.25, 0.3) is 10.9 Å². The quantitative estimate of drug-likeness (QED) is 0.524. The molecule has 2 atom stereocenters. The zero-order valence-electron chi connectivity index (χ0n) is 19.4. The first kappa shape index (κ1) is 22.4. The number of benzene rings is 1. The number of nitrogens with one attached hydrogen (secondary N) is 1. The number of likely N-dealkylation sites (tertiary alicyclic amines) is 1. The van der Waals surface area contributed by atoms with Gasteiger partial charge in [0.15, 0.2) is 0 Å². The number of fused-ring (bicyclic) bond motifs is 2. The third-order valence-electron chi connectivity index (χ3n) is 6.98. The fraction of sp³-hybridized carbons (Fsp3) is 0.520. The van der Waals surface area contributed by atoms with Crippen molar-refractivity contribution in [2.45, 2.75) is 58.6 Å². The Hall–Kier alpha value is -2.80. The molecular weight excluding hydrogens is 404 g/mol. The van der Waals surface area contributed by atoms with Crippen LogP contribution < -0.4 is 5.43 Å². The van der Waals surface area contributed by atoms with Gasteiger partial charge in [-0.2, -0.15) is 0 Å². The molecule has 172 valence electrons. The Balaban J connectivity index is 1.84. The van der Waals surface area contributed by atoms with Crippen LogP contribution in [0, 0.1) is 0 Å². The molecule has 2 heterocycles. The lowest BCUT2D eigenvalue weighted by molar-refractivity contribution is -0.142. The summed E-state index contributed by atoms with van der Waals surface area (Å²) in [4.78, 5) is 28.9. The van der Waals surface area contributed by atoms with Gasteiger partial charge in [0.25, 0.3) is 0 Å². The highest BCUT2D eigenvalue weighted by Crippen LogP contribution is 2.45. The molecule has 0 unspecified atom stereocenters. The number of ether oxygens (including phenoxy) is 1. The molecule has 0 radical (unpaired) electrons. The number of amides is 2. The van der Waals surface area contributed by atoms with Crippen LogP contribution in [0.4, 0.5) is 4.79 Å². The van der Waals surface area contributed by atoms with Crippen LogP contribution in [0.3, 0.4) is 0 Å². The summed E-state index contributed by atoms with van der Waals surface area (Å²) in [6.45, 7) is 12.6. The van der Waals surface area contributed by atoms with Gasteiger partial charge in [0.05, 0.1) is 11.2 Å². The predicted octanol–water partition coefficient (Wildman–Crippen LogP) is 4.00. The fourth-order valence-corrected chi connectivity index (χ4v) is 5.52. The number of nitrogens with zero attached hydrogens (tertiary/aromatic N) is 3. The number of aromatic nitrogens is 1. The second-order valence-electron chi connectivity index (χ2n) is 8.68. The molecule has 2 aliphatic rings. The molecule has 32 heavy (non-hydrogen) atoms. The van der Waals surface area contributed by atoms with Crippen molar-refractivity contribution in [3.8, 4) is 0 Å². The van der Waals surface area contributed by atoms with Gasteiger partial charge in [0.2, 0.25) is 0 Å². The van der Waals surface area contributed by atoms with E-state index in [2.05, 4.69) is 29.0 Å². The average molecular weight is 439 g/mol. The molecule has 1 aromatic carbocycles. The number of carbonyl (C=O) groups excluding carboxylic acids is 2. The van der Waals surface area contributed by atoms with Crippen molar-refractivity contribution < 1.29 is 14.3 Å². The molecule has 4 rings (SSSR count). The van der Waals surface area contributed by atoms with Crippen molar-refractivity contribution in [1.29, 1.82) is 0 Å². The minimum Gasteiger partial charge on any atom is -0.459 e. The maximum absolute atomic E-state index is 13.0. The Morgan fingerprint density at radius 1 is 1.31 bits per heavy atom. The minimum atomic E-state index is -0.330. The summed E-state index contributed by atoms with van der Waals surface area (Å²) in [7, 11) is 0. The molecule has 0 spiro atoms. The van der Waals surface area contributed by atoms with E-state index >= 15 is 0 Å². The third-order valence-corrected chi connectivity index (χ3v) is 6.98. The van der Waals surface area contributed by atoms with Gasteiger partial charge in [0, 0.05) is 43.9 Å². The van der Waals surface area contributed by atoms with Gasteiger partial charge in [0.1, 0.15) is 6.61 Å². The number of piperidine rings is 1. The Labute approximate surface area is 190 Å². The molecule has 2 amide bonds. The largest absolute Gasteiger partial charge is 0.459 e. The van der Waals surface area contributed by atoms with E-state index in [4.69, 9.17) is 4.74 Å². The van der Waals surface area contributed by atoms with Crippen LogP contribution in [-0.4, -0.2) is 58.7 Å². The molecule has 1 fully saturated rings. The molecule has 1 aliphatic carbocycles. The second kappa shape index (κ2) is 9.36. The smallest absolute Gasteiger partial charge is 0.336 e. The summed E-state index contributed by atoms with van der Waals surface area (Å²) in [5, 5.41) is 1.20. The van der Waals surface area contributed by atoms with Gasteiger partial charge in [-0.15, -0.1) is 6.58 Å². The number of esters is 1. The summed E-state index contributed by atoms with van der Waals surface area (Å²) in [6, 6.07) is 6.58. The fourth-order valence-electron chi connectivity index (χ4n) is 5.52. The zero-order valence-corrected chi connectivity index (χ0v) is 19.4. The average Bonchev–Trinajstić information content (AvgIpc) is 3.07. The highest BCUT2D eigenvalue weighted by atomic mass is 16.5. The van der Waals surface area contributed by atoms with Crippen LogP contribution in [0.15, 0.2) is 30.9 Å². The van der Waals surface area contributed by atoms with E-state index < -0.39 is 0 Å². The summed E-state index contributed by atoms with van der Waals surface area (Å²) >= 11 is 0. The number of rotatable bonds is 7. The molecule has 0 bridgehead atoms. The number of hydrogen-bond donors (Lipinski definition) is 1. The van der Waals surface area contributed by atoms with Gasteiger partial charge in [-0.25, -0.2) is 10.2 Å². The Morgan fingerprint density at radius 2 is 2.09 bits per heavy atom. The summed E-state index contributed by atoms with van der Waals surface area (Å²) in [5.41, 5.74) is 7.42. The highest BCUT2D eigenvalue weighted by molar-refractivity contribution is 5.93. The maximum Gasteiger partial charge on any atom is 0.336 e. The summed E-state index contributed by atoms with van der Waals surface area (Å²) in [6.07, 6.45) is 5.18. The van der Waals surface area contributed by atoms with E-state index in [1.807, 2.05) is 30.7 Å². The van der Waals surface area contributed by atoms with Crippen molar-refractivity contribution in [3.63, 3.8) is 0 Å². The van der Waals surface area contributed by atoms with Gasteiger partial charge in [-0.05, 0) is 56.8 Å². The van der Waals surface area contributed by atoms with Crippen molar-refractivity contribution in [2.24, 2.45) is 0 Å². The first-order chi connectivity index (χ1) is 15.5. The predicted molar refractivity (Wildman–Crippen MR) is 126 cm³/mol. The standard InChI is InChI=1S/C25H34N4O3/c1-5-13-28-14-9-11-18-19-10-8-12-21-24(19)20(15-22(18)28)23(16-32-17(4)30)29(21)26-25(31)27(6-2)7-3/h5,8,10,12,18,22H,1,6-7,9,11,13-16H2,2-4H3,(H,26,31)/t18-,22-/m1/s1. The van der Waals surface area contributed by atoms with Crippen molar-refractivity contribution in [1.82, 2.24) is 14.5 Å². The summed E-state index contributed by atoms with van der Waals surface area (Å²) < 4.78 is 7.31. The van der Waals surface area contributed by atoms with E-state index in [-0.39, 0.29) is 18.6 Å². The topological polar surface area (TPSA) is 66.8 Å². The SMILES string of the molecule is C=CCN1CCC[C@@H]2c3cccc4c3c(c(COC(C)=O)n4NC(=O)N(CC)CC)C[C@H]21. The Kier molecular flexibility index (Phi) is 6.55. The maximum atomic E-state index is 13.0. The van der Waals surface area contributed by atoms with Crippen LogP contribution in [0.5, 0.6) is 0 Å². The molecule has 1 aromatic heterocycles. The highest BCUT2D eigenvalue weighted by Gasteiger charge is 2.39. The van der Waals surface area contributed by atoms with E-state index in [0.717, 1.165) is 37.1 Å². The lowest BCUT2D eigenvalue weighted by Crippen LogP contribution is -2.46. The Morgan fingerprint density at radius 3 is 2.78 bits per heavy atom. The number of carbonyl (C=O) groups is 2. The number of urea groups is 1. The van der Waals surface area contributed by atoms with E-state index in [0.29, 0.717) is 25.0 Å². The van der Waals surface area contributed by atoms with Gasteiger partial charge in [-0.1, -0.05) is 18.2 Å². The first-order valence-corrected chi connectivity index (χ1v) is 11.7. The van der Waals surface area contributed by atoms with E-state index in [9.17, 15) is 9.59 Å². The van der Waals surface area contributed by atoms with Crippen LogP contribution in [0.2, 0.25) is 0 Å². The molecule has 7 nitrogen and oxygen atoms in total. The van der Waals surface area contributed by atoms with E-state index in [1.54, 1.807) is 4.90 Å². The molecule has 7 heteroatoms. The van der Waals surface area contributed by atoms with Crippen LogP contribution >= 0.6 is 0 Å². The molecule has 1 saturated heterocycles. The molecule has 1 aliphatic heterocycles. The monoisotopic (exact) mass is 438 g/mol. The normalized spacial score (nSPS) is 20.0. The second-order valence-corrected chi connectivity index (χ2v) is 8.68. The lowest BCUT2D eigenvalue weighted by Gasteiger charge is -2.44. The minimum absolute atomic E-state index is 0.135. The first-order valence-electron chi connectivity index (χ1n) is 11.7. The lowest BCUT2D eigenvalue weighted by atomic mass is 9.74. The molecule has 0 saturated carbocycles. The van der Waals surface area contributed by atoms with Crippen molar-refractivity contribution >= 4 is 22.9 Å². The van der Waals surface area contributed by atoms with Crippen molar-refractivity contribution in [3.05, 3.63) is 47.7 Å². The van der Waals surface area contributed by atoms with Crippen LogP contribution in [0.1, 0.15) is 56.4 Å². The van der Waals surface area contributed by atoms with Gasteiger partial charge in [-0.3, -0.25) is 14.4 Å². The van der Waals surface area contributed by atoms with Crippen molar-refractivity contribution in [2.75, 3.05) is 31.6 Å². The van der Waals surface area contributed by atoms with Gasteiger partial charge < -0.3 is 9.64 Å². The third kappa shape index (κ3) is 3.90. The molecule has 2 aromatic rings. The summed E-state index contributed by atoms with van der Waals surface area (Å²) in [5.74, 6) is 0.125. The van der Waals surface area contributed by atoms with Crippen LogP contribution in [-0.2, 0) is 22.6 Å². The molecular formula is C25H34N4O3.